The highest BCUT2D eigenvalue weighted by molar-refractivity contribution is 7.90. The van der Waals surface area contributed by atoms with Crippen molar-refractivity contribution >= 4 is 17.8 Å². The smallest absolute Gasteiger partial charge is 0.456 e. The van der Waals surface area contributed by atoms with Crippen molar-refractivity contribution in [3.05, 3.63) is 48.8 Å². The highest BCUT2D eigenvalue weighted by atomic mass is 32.2. The third-order valence-electron chi connectivity index (χ3n) is 3.76. The van der Waals surface area contributed by atoms with Gasteiger partial charge < -0.3 is 13.3 Å². The maximum absolute atomic E-state index is 13.0. The fraction of sp³-hybridized carbons (Fsp3) is 0.278. The molecule has 11 heteroatoms. The molecule has 3 rings (SSSR count). The van der Waals surface area contributed by atoms with E-state index in [1.807, 2.05) is 18.2 Å². The van der Waals surface area contributed by atoms with Crippen molar-refractivity contribution in [3.8, 4) is 22.9 Å². The van der Waals surface area contributed by atoms with Gasteiger partial charge in [-0.1, -0.05) is 0 Å². The number of nitrogens with zero attached hydrogens (tertiary/aromatic N) is 2. The predicted octanol–water partition coefficient (Wildman–Crippen LogP) is 5.56. The molecule has 0 saturated heterocycles. The van der Waals surface area contributed by atoms with Crippen molar-refractivity contribution in [2.24, 2.45) is 0 Å². The Kier molecular flexibility index (Phi) is 6.18. The third-order valence-corrected chi connectivity index (χ3v) is 4.34. The Hall–Kier alpha value is -2.53. The summed E-state index contributed by atoms with van der Waals surface area (Å²) >= 11 is 0.787. The molecule has 0 aliphatic heterocycles. The minimum absolute atomic E-state index is 0.219. The van der Waals surface area contributed by atoms with Gasteiger partial charge in [-0.15, -0.1) is 0 Å². The van der Waals surface area contributed by atoms with Crippen molar-refractivity contribution in [3.63, 3.8) is 0 Å². The molecule has 0 spiro atoms. The molecule has 0 amide bonds. The summed E-state index contributed by atoms with van der Waals surface area (Å²) in [6.07, 6.45) is -2.84. The van der Waals surface area contributed by atoms with Crippen LogP contribution in [0, 0.1) is 0 Å². The number of rotatable bonds is 8. The van der Waals surface area contributed by atoms with Crippen LogP contribution in [0.4, 0.5) is 22.0 Å². The summed E-state index contributed by atoms with van der Waals surface area (Å²) < 4.78 is 79.7. The number of fused-ring (bicyclic) bond motifs is 1. The lowest BCUT2D eigenvalue weighted by Crippen LogP contribution is -2.41. The van der Waals surface area contributed by atoms with Crippen molar-refractivity contribution in [2.75, 3.05) is 13.2 Å². The molecule has 0 saturated carbocycles. The molecular formula is C18H15F5N2O3S. The van der Waals surface area contributed by atoms with E-state index in [4.69, 9.17) is 8.37 Å². The Bertz CT molecular complexity index is 960. The zero-order valence-electron chi connectivity index (χ0n) is 15.0. The summed E-state index contributed by atoms with van der Waals surface area (Å²) in [5, 5.41) is 0. The van der Waals surface area contributed by atoms with Crippen molar-refractivity contribution < 1.29 is 35.1 Å². The van der Waals surface area contributed by atoms with Crippen LogP contribution in [0.5, 0.6) is 11.5 Å². The van der Waals surface area contributed by atoms with Gasteiger partial charge in [0.15, 0.2) is 12.4 Å². The second kappa shape index (κ2) is 8.46. The maximum Gasteiger partial charge on any atom is 0.456 e. The average molecular weight is 434 g/mol. The predicted molar refractivity (Wildman–Crippen MR) is 97.0 cm³/mol. The van der Waals surface area contributed by atoms with Crippen molar-refractivity contribution in [2.45, 2.75) is 19.0 Å². The van der Waals surface area contributed by atoms with Crippen molar-refractivity contribution in [1.29, 1.82) is 0 Å². The van der Waals surface area contributed by atoms with Gasteiger partial charge in [-0.25, -0.2) is 0 Å². The first kappa shape index (κ1) is 21.2. The zero-order valence-corrected chi connectivity index (χ0v) is 15.8. The highest BCUT2D eigenvalue weighted by Crippen LogP contribution is 2.36. The lowest BCUT2D eigenvalue weighted by Gasteiger charge is -2.19. The molecule has 0 radical (unpaired) electrons. The minimum atomic E-state index is -5.69. The van der Waals surface area contributed by atoms with Crippen LogP contribution >= 0.6 is 12.3 Å². The number of alkyl halides is 5. The molecule has 0 unspecified atom stereocenters. The molecule has 156 valence electrons. The van der Waals surface area contributed by atoms with E-state index < -0.39 is 18.7 Å². The van der Waals surface area contributed by atoms with E-state index in [9.17, 15) is 22.0 Å². The topological polar surface area (TPSA) is 45.0 Å². The Morgan fingerprint density at radius 1 is 1.07 bits per heavy atom. The molecule has 5 nitrogen and oxygen atoms in total. The summed E-state index contributed by atoms with van der Waals surface area (Å²) in [6, 6.07) is 9.91. The van der Waals surface area contributed by atoms with Gasteiger partial charge in [-0.2, -0.15) is 22.0 Å². The Morgan fingerprint density at radius 2 is 1.86 bits per heavy atom. The van der Waals surface area contributed by atoms with Gasteiger partial charge in [0.05, 0.1) is 18.5 Å². The first-order valence-electron chi connectivity index (χ1n) is 8.33. The lowest BCUT2D eigenvalue weighted by atomic mass is 10.2. The van der Waals surface area contributed by atoms with Gasteiger partial charge in [0.25, 0.3) is 0 Å². The quantitative estimate of drug-likeness (QED) is 0.264. The Labute approximate surface area is 166 Å². The van der Waals surface area contributed by atoms with E-state index in [2.05, 4.69) is 9.72 Å². The third kappa shape index (κ3) is 4.73. The number of aromatic nitrogens is 2. The van der Waals surface area contributed by atoms with Gasteiger partial charge in [0.1, 0.15) is 11.4 Å². The van der Waals surface area contributed by atoms with Gasteiger partial charge >= 0.3 is 12.1 Å². The van der Waals surface area contributed by atoms with Crippen LogP contribution in [0.2, 0.25) is 0 Å². The largest absolute Gasteiger partial charge is 0.485 e. The SMILES string of the molecule is CCOSOc1ccc2cccn2c1-c1ccc(OCC(F)(F)C(F)(F)F)cn1. The molecule has 0 aromatic carbocycles. The number of pyridine rings is 2. The molecule has 3 aromatic rings. The number of halogens is 5. The van der Waals surface area contributed by atoms with Crippen LogP contribution in [-0.2, 0) is 4.18 Å². The van der Waals surface area contributed by atoms with Crippen LogP contribution < -0.4 is 8.92 Å². The van der Waals surface area contributed by atoms with Crippen molar-refractivity contribution in [1.82, 2.24) is 9.38 Å². The number of hydrogen-bond donors (Lipinski definition) is 0. The van der Waals surface area contributed by atoms with Crippen LogP contribution in [0.3, 0.4) is 0 Å². The normalized spacial score (nSPS) is 12.3. The molecule has 0 N–H and O–H groups in total. The zero-order chi connectivity index (χ0) is 21.1. The fourth-order valence-corrected chi connectivity index (χ4v) is 2.73. The standard InChI is InChI=1S/C18H15F5N2O3S/c1-2-27-29-28-15-8-5-12-4-3-9-25(12)16(15)14-7-6-13(10-24-14)26-11-17(19,20)18(21,22)23/h3-10H,2,11H2,1H3. The molecule has 0 bridgehead atoms. The van der Waals surface area contributed by atoms with Crippen LogP contribution in [0.1, 0.15) is 6.92 Å². The first-order valence-corrected chi connectivity index (χ1v) is 8.99. The van der Waals surface area contributed by atoms with E-state index in [0.29, 0.717) is 23.7 Å². The van der Waals surface area contributed by atoms with Gasteiger partial charge in [0.2, 0.25) is 12.3 Å². The summed E-state index contributed by atoms with van der Waals surface area (Å²) in [6.45, 7) is 0.400. The number of ether oxygens (including phenoxy) is 1. The number of hydrogen-bond acceptors (Lipinski definition) is 5. The summed E-state index contributed by atoms with van der Waals surface area (Å²) in [5.41, 5.74) is 1.79. The Morgan fingerprint density at radius 3 is 2.52 bits per heavy atom. The monoisotopic (exact) mass is 434 g/mol. The molecule has 0 aliphatic carbocycles. The van der Waals surface area contributed by atoms with E-state index >= 15 is 0 Å². The van der Waals surface area contributed by atoms with Crippen LogP contribution in [0.15, 0.2) is 48.8 Å². The van der Waals surface area contributed by atoms with Gasteiger partial charge in [0, 0.05) is 11.7 Å². The van der Waals surface area contributed by atoms with Crippen LogP contribution in [0.25, 0.3) is 16.9 Å². The van der Waals surface area contributed by atoms with Gasteiger partial charge in [-0.05, 0) is 43.3 Å². The molecule has 29 heavy (non-hydrogen) atoms. The molecule has 3 heterocycles. The Balaban J connectivity index is 1.85. The summed E-state index contributed by atoms with van der Waals surface area (Å²) in [5.74, 6) is -4.75. The van der Waals surface area contributed by atoms with E-state index in [-0.39, 0.29) is 5.75 Å². The van der Waals surface area contributed by atoms with E-state index in [1.54, 1.807) is 23.6 Å². The first-order chi connectivity index (χ1) is 13.7. The average Bonchev–Trinajstić information content (AvgIpc) is 3.15. The maximum atomic E-state index is 13.0. The molecule has 0 fully saturated rings. The van der Waals surface area contributed by atoms with Gasteiger partial charge in [-0.3, -0.25) is 9.17 Å². The summed E-state index contributed by atoms with van der Waals surface area (Å²) in [4.78, 5) is 4.13. The fourth-order valence-electron chi connectivity index (χ4n) is 2.38. The second-order valence-electron chi connectivity index (χ2n) is 5.78. The van der Waals surface area contributed by atoms with E-state index in [0.717, 1.165) is 24.0 Å². The summed E-state index contributed by atoms with van der Waals surface area (Å²) in [7, 11) is 0. The van der Waals surface area contributed by atoms with Crippen LogP contribution in [-0.4, -0.2) is 34.7 Å². The molecular weight excluding hydrogens is 419 g/mol. The lowest BCUT2D eigenvalue weighted by molar-refractivity contribution is -0.290. The molecule has 3 aromatic heterocycles. The molecule has 0 atom stereocenters. The molecule has 0 aliphatic rings. The van der Waals surface area contributed by atoms with E-state index in [1.165, 1.54) is 12.1 Å². The minimum Gasteiger partial charge on any atom is -0.485 e. The second-order valence-corrected chi connectivity index (χ2v) is 6.32. The highest BCUT2D eigenvalue weighted by Gasteiger charge is 2.58.